The Labute approximate surface area is 132 Å². The summed E-state index contributed by atoms with van der Waals surface area (Å²) in [5, 5.41) is 6.45. The van der Waals surface area contributed by atoms with E-state index in [9.17, 15) is 4.79 Å². The number of hydrogen-bond donors (Lipinski definition) is 2. The molecule has 2 aliphatic rings. The normalized spacial score (nSPS) is 23.6. The molecular weight excluding hydrogens is 276 g/mol. The van der Waals surface area contributed by atoms with Crippen molar-refractivity contribution in [3.63, 3.8) is 0 Å². The van der Waals surface area contributed by atoms with Crippen LogP contribution >= 0.6 is 0 Å². The zero-order chi connectivity index (χ0) is 15.4. The van der Waals surface area contributed by atoms with E-state index in [1.807, 2.05) is 24.3 Å². The third-order valence-corrected chi connectivity index (χ3v) is 4.98. The van der Waals surface area contributed by atoms with E-state index >= 15 is 0 Å². The Bertz CT molecular complexity index is 506. The van der Waals surface area contributed by atoms with Crippen molar-refractivity contribution in [2.24, 2.45) is 5.92 Å². The number of hydrogen-bond acceptors (Lipinski definition) is 3. The minimum absolute atomic E-state index is 0.0221. The largest absolute Gasteiger partial charge is 0.375 e. The summed E-state index contributed by atoms with van der Waals surface area (Å²) >= 11 is 0. The van der Waals surface area contributed by atoms with E-state index in [0.717, 1.165) is 50.9 Å². The Kier molecular flexibility index (Phi) is 4.79. The van der Waals surface area contributed by atoms with E-state index in [0.29, 0.717) is 12.5 Å². The van der Waals surface area contributed by atoms with Gasteiger partial charge in [-0.05, 0) is 56.5 Å². The highest BCUT2D eigenvalue weighted by atomic mass is 16.5. The Morgan fingerprint density at radius 3 is 2.73 bits per heavy atom. The molecule has 1 spiro atoms. The second-order valence-corrected chi connectivity index (χ2v) is 6.57. The van der Waals surface area contributed by atoms with E-state index in [2.05, 4.69) is 17.6 Å². The van der Waals surface area contributed by atoms with Gasteiger partial charge in [0, 0.05) is 18.0 Å². The Balaban J connectivity index is 1.49. The Morgan fingerprint density at radius 2 is 2.05 bits per heavy atom. The number of amides is 1. The topological polar surface area (TPSA) is 50.4 Å². The van der Waals surface area contributed by atoms with Gasteiger partial charge in [-0.2, -0.15) is 0 Å². The van der Waals surface area contributed by atoms with Crippen molar-refractivity contribution >= 4 is 5.91 Å². The van der Waals surface area contributed by atoms with Gasteiger partial charge in [0.15, 0.2) is 0 Å². The molecule has 120 valence electrons. The second-order valence-electron chi connectivity index (χ2n) is 6.57. The van der Waals surface area contributed by atoms with Crippen LogP contribution in [0.5, 0.6) is 0 Å². The molecule has 0 saturated carbocycles. The minimum Gasteiger partial charge on any atom is -0.375 e. The van der Waals surface area contributed by atoms with Crippen LogP contribution in [-0.4, -0.2) is 37.7 Å². The van der Waals surface area contributed by atoms with E-state index in [-0.39, 0.29) is 11.5 Å². The van der Waals surface area contributed by atoms with E-state index in [1.54, 1.807) is 0 Å². The summed E-state index contributed by atoms with van der Waals surface area (Å²) in [6.45, 7) is 5.69. The van der Waals surface area contributed by atoms with Crippen molar-refractivity contribution in [2.75, 3.05) is 26.2 Å². The van der Waals surface area contributed by atoms with Gasteiger partial charge in [-0.1, -0.05) is 19.1 Å². The smallest absolute Gasteiger partial charge is 0.251 e. The molecule has 1 amide bonds. The lowest BCUT2D eigenvalue weighted by molar-refractivity contribution is -0.0196. The fourth-order valence-electron chi connectivity index (χ4n) is 3.53. The monoisotopic (exact) mass is 302 g/mol. The highest BCUT2D eigenvalue weighted by Crippen LogP contribution is 2.36. The summed E-state index contributed by atoms with van der Waals surface area (Å²) in [4.78, 5) is 12.2. The van der Waals surface area contributed by atoms with E-state index in [4.69, 9.17) is 4.74 Å². The molecule has 4 heteroatoms. The van der Waals surface area contributed by atoms with Crippen molar-refractivity contribution in [3.8, 4) is 0 Å². The predicted octanol–water partition coefficient (Wildman–Crippen LogP) is 2.14. The van der Waals surface area contributed by atoms with Crippen molar-refractivity contribution in [1.82, 2.24) is 10.6 Å². The van der Waals surface area contributed by atoms with Crippen molar-refractivity contribution in [1.29, 1.82) is 0 Å². The number of aryl methyl sites for hydroxylation is 1. The zero-order valence-electron chi connectivity index (χ0n) is 13.4. The molecule has 2 heterocycles. The van der Waals surface area contributed by atoms with Crippen molar-refractivity contribution in [2.45, 2.75) is 38.2 Å². The summed E-state index contributed by atoms with van der Waals surface area (Å²) < 4.78 is 6.07. The van der Waals surface area contributed by atoms with Gasteiger partial charge in [0.2, 0.25) is 0 Å². The molecular formula is C18H26N2O2. The third kappa shape index (κ3) is 3.50. The molecule has 4 nitrogen and oxygen atoms in total. The molecule has 0 radical (unpaired) electrons. The van der Waals surface area contributed by atoms with Gasteiger partial charge in [-0.3, -0.25) is 4.79 Å². The zero-order valence-corrected chi connectivity index (χ0v) is 13.4. The van der Waals surface area contributed by atoms with E-state index in [1.165, 1.54) is 5.56 Å². The predicted molar refractivity (Wildman–Crippen MR) is 87.0 cm³/mol. The van der Waals surface area contributed by atoms with Crippen molar-refractivity contribution < 1.29 is 9.53 Å². The average Bonchev–Trinajstić information content (AvgIpc) is 2.96. The highest BCUT2D eigenvalue weighted by molar-refractivity contribution is 5.94. The van der Waals surface area contributed by atoms with Gasteiger partial charge in [0.05, 0.1) is 12.2 Å². The summed E-state index contributed by atoms with van der Waals surface area (Å²) in [6.07, 6.45) is 4.26. The first kappa shape index (κ1) is 15.5. The first-order chi connectivity index (χ1) is 10.7. The Morgan fingerprint density at radius 1 is 1.32 bits per heavy atom. The average molecular weight is 302 g/mol. The number of carbonyl (C=O) groups excluding carboxylic acids is 1. The molecule has 0 aromatic heterocycles. The molecule has 2 N–H and O–H groups in total. The van der Waals surface area contributed by atoms with Crippen LogP contribution in [0.2, 0.25) is 0 Å². The standard InChI is InChI=1S/C18H26N2O2/c1-2-14-3-5-16(6-4-14)17(21)20-12-15-11-18(22-13-15)7-9-19-10-8-18/h3-6,15,19H,2,7-13H2,1H3,(H,20,21). The molecule has 3 rings (SSSR count). The number of nitrogens with one attached hydrogen (secondary N) is 2. The van der Waals surface area contributed by atoms with Gasteiger partial charge < -0.3 is 15.4 Å². The molecule has 22 heavy (non-hydrogen) atoms. The van der Waals surface area contributed by atoms with Gasteiger partial charge >= 0.3 is 0 Å². The first-order valence-electron chi connectivity index (χ1n) is 8.43. The molecule has 1 aromatic rings. The number of rotatable bonds is 4. The molecule has 0 aliphatic carbocycles. The fourth-order valence-corrected chi connectivity index (χ4v) is 3.53. The quantitative estimate of drug-likeness (QED) is 0.896. The van der Waals surface area contributed by atoms with Crippen LogP contribution in [0, 0.1) is 5.92 Å². The van der Waals surface area contributed by atoms with Crippen molar-refractivity contribution in [3.05, 3.63) is 35.4 Å². The second kappa shape index (κ2) is 6.80. The van der Waals surface area contributed by atoms with E-state index < -0.39 is 0 Å². The van der Waals surface area contributed by atoms with Gasteiger partial charge in [-0.25, -0.2) is 0 Å². The maximum Gasteiger partial charge on any atom is 0.251 e. The van der Waals surface area contributed by atoms with Gasteiger partial charge in [0.25, 0.3) is 5.91 Å². The van der Waals surface area contributed by atoms with Crippen LogP contribution < -0.4 is 10.6 Å². The van der Waals surface area contributed by atoms with Crippen LogP contribution in [0.1, 0.15) is 42.1 Å². The number of benzene rings is 1. The minimum atomic E-state index is 0.0221. The molecule has 1 aromatic carbocycles. The molecule has 0 bridgehead atoms. The van der Waals surface area contributed by atoms with Crippen LogP contribution in [0.15, 0.2) is 24.3 Å². The highest BCUT2D eigenvalue weighted by Gasteiger charge is 2.40. The van der Waals surface area contributed by atoms with Crippen LogP contribution in [0.4, 0.5) is 0 Å². The number of ether oxygens (including phenoxy) is 1. The van der Waals surface area contributed by atoms with Gasteiger partial charge in [0.1, 0.15) is 0 Å². The lowest BCUT2D eigenvalue weighted by Crippen LogP contribution is -2.41. The fraction of sp³-hybridized carbons (Fsp3) is 0.611. The first-order valence-corrected chi connectivity index (χ1v) is 8.43. The Hall–Kier alpha value is -1.39. The lowest BCUT2D eigenvalue weighted by Gasteiger charge is -2.33. The maximum atomic E-state index is 12.2. The number of carbonyl (C=O) groups is 1. The molecule has 1 unspecified atom stereocenters. The lowest BCUT2D eigenvalue weighted by atomic mass is 9.86. The van der Waals surface area contributed by atoms with Gasteiger partial charge in [-0.15, -0.1) is 0 Å². The third-order valence-electron chi connectivity index (χ3n) is 4.98. The summed E-state index contributed by atoms with van der Waals surface area (Å²) in [7, 11) is 0. The van der Waals surface area contributed by atoms with Crippen LogP contribution in [0.3, 0.4) is 0 Å². The molecule has 1 atom stereocenters. The SMILES string of the molecule is CCc1ccc(C(=O)NCC2COC3(CCNCC3)C2)cc1. The summed E-state index contributed by atoms with van der Waals surface area (Å²) in [5.41, 5.74) is 2.07. The molecule has 2 aliphatic heterocycles. The molecule has 2 saturated heterocycles. The van der Waals surface area contributed by atoms with Crippen LogP contribution in [0.25, 0.3) is 0 Å². The molecule has 2 fully saturated rings. The number of piperidine rings is 1. The summed E-state index contributed by atoms with van der Waals surface area (Å²) in [6, 6.07) is 7.87. The summed E-state index contributed by atoms with van der Waals surface area (Å²) in [5.74, 6) is 0.464. The maximum absolute atomic E-state index is 12.2. The van der Waals surface area contributed by atoms with Crippen LogP contribution in [-0.2, 0) is 11.2 Å².